The van der Waals surface area contributed by atoms with Crippen LogP contribution in [0.15, 0.2) is 42.6 Å². The Morgan fingerprint density at radius 1 is 0.923 bits per heavy atom. The molecule has 2 aliphatic heterocycles. The number of ether oxygens (including phenoxy) is 1. The molecule has 0 spiro atoms. The van der Waals surface area contributed by atoms with Crippen molar-refractivity contribution in [3.63, 3.8) is 0 Å². The molecule has 7 heteroatoms. The van der Waals surface area contributed by atoms with Gasteiger partial charge in [-0.2, -0.15) is 5.10 Å². The van der Waals surface area contributed by atoms with Crippen molar-refractivity contribution >= 4 is 17.4 Å². The molecule has 26 heavy (non-hydrogen) atoms. The monoisotopic (exact) mass is 353 g/mol. The van der Waals surface area contributed by atoms with Crippen LogP contribution in [0.1, 0.15) is 10.4 Å². The zero-order chi connectivity index (χ0) is 17.8. The maximum absolute atomic E-state index is 12.6. The third-order valence-corrected chi connectivity index (χ3v) is 4.92. The topological polar surface area (TPSA) is 61.8 Å². The summed E-state index contributed by atoms with van der Waals surface area (Å²) < 4.78 is 5.41. The predicted octanol–water partition coefficient (Wildman–Crippen LogP) is 1.28. The Morgan fingerprint density at radius 3 is 2.38 bits per heavy atom. The molecule has 0 aliphatic carbocycles. The van der Waals surface area contributed by atoms with E-state index < -0.39 is 0 Å². The van der Waals surface area contributed by atoms with Crippen LogP contribution in [0.25, 0.3) is 0 Å². The smallest absolute Gasteiger partial charge is 0.253 e. The summed E-state index contributed by atoms with van der Waals surface area (Å²) in [4.78, 5) is 18.9. The lowest BCUT2D eigenvalue weighted by atomic mass is 10.2. The largest absolute Gasteiger partial charge is 0.378 e. The highest BCUT2D eigenvalue weighted by atomic mass is 16.5. The molecule has 7 nitrogen and oxygen atoms in total. The van der Waals surface area contributed by atoms with Crippen molar-refractivity contribution in [2.45, 2.75) is 0 Å². The van der Waals surface area contributed by atoms with Crippen LogP contribution < -0.4 is 9.80 Å². The van der Waals surface area contributed by atoms with Gasteiger partial charge in [-0.05, 0) is 12.1 Å². The Kier molecular flexibility index (Phi) is 4.97. The highest BCUT2D eigenvalue weighted by Gasteiger charge is 2.23. The maximum atomic E-state index is 12.6. The Hall–Kier alpha value is -2.67. The van der Waals surface area contributed by atoms with E-state index in [0.717, 1.165) is 56.5 Å². The van der Waals surface area contributed by atoms with E-state index in [1.54, 1.807) is 0 Å². The van der Waals surface area contributed by atoms with Crippen LogP contribution in [0.2, 0.25) is 0 Å². The van der Waals surface area contributed by atoms with Crippen LogP contribution in [0.4, 0.5) is 11.5 Å². The summed E-state index contributed by atoms with van der Waals surface area (Å²) in [5.41, 5.74) is 1.83. The average Bonchev–Trinajstić information content (AvgIpc) is 2.75. The predicted molar refractivity (Wildman–Crippen MR) is 99.6 cm³/mol. The van der Waals surface area contributed by atoms with Gasteiger partial charge in [0, 0.05) is 50.9 Å². The van der Waals surface area contributed by atoms with Crippen LogP contribution in [-0.4, -0.2) is 73.5 Å². The van der Waals surface area contributed by atoms with Crippen molar-refractivity contribution in [1.29, 1.82) is 0 Å². The fraction of sp³-hybridized carbons (Fsp3) is 0.421. The molecule has 2 saturated heterocycles. The lowest BCUT2D eigenvalue weighted by molar-refractivity contribution is 0.0746. The van der Waals surface area contributed by atoms with E-state index in [2.05, 4.69) is 26.1 Å². The first-order chi connectivity index (χ1) is 12.8. The van der Waals surface area contributed by atoms with E-state index in [1.165, 1.54) is 0 Å². The third kappa shape index (κ3) is 3.62. The van der Waals surface area contributed by atoms with E-state index >= 15 is 0 Å². The van der Waals surface area contributed by atoms with Gasteiger partial charge in [-0.1, -0.05) is 18.2 Å². The van der Waals surface area contributed by atoms with Crippen molar-refractivity contribution in [2.24, 2.45) is 0 Å². The number of rotatable bonds is 3. The Labute approximate surface area is 153 Å². The molecule has 0 atom stereocenters. The number of carbonyl (C=O) groups excluding carboxylic acids is 1. The highest BCUT2D eigenvalue weighted by Crippen LogP contribution is 2.21. The van der Waals surface area contributed by atoms with Gasteiger partial charge in [-0.15, -0.1) is 5.10 Å². The summed E-state index contributed by atoms with van der Waals surface area (Å²) in [6, 6.07) is 11.5. The van der Waals surface area contributed by atoms with E-state index in [-0.39, 0.29) is 5.91 Å². The van der Waals surface area contributed by atoms with Gasteiger partial charge in [0.25, 0.3) is 5.91 Å². The van der Waals surface area contributed by atoms with Gasteiger partial charge in [0.05, 0.1) is 25.1 Å². The molecular weight excluding hydrogens is 330 g/mol. The molecule has 4 rings (SSSR count). The van der Waals surface area contributed by atoms with Gasteiger partial charge < -0.3 is 19.4 Å². The van der Waals surface area contributed by atoms with Crippen LogP contribution >= 0.6 is 0 Å². The number of amides is 1. The molecule has 0 bridgehead atoms. The summed E-state index contributed by atoms with van der Waals surface area (Å²) in [5.74, 6) is 0.971. The number of nitrogens with zero attached hydrogens (tertiary/aromatic N) is 5. The summed E-state index contributed by atoms with van der Waals surface area (Å²) in [6.45, 7) is 6.17. The van der Waals surface area contributed by atoms with Gasteiger partial charge in [-0.3, -0.25) is 4.79 Å². The van der Waals surface area contributed by atoms with Crippen LogP contribution in [0.3, 0.4) is 0 Å². The van der Waals surface area contributed by atoms with Crippen molar-refractivity contribution in [3.05, 3.63) is 48.2 Å². The number of carbonyl (C=O) groups is 1. The summed E-state index contributed by atoms with van der Waals surface area (Å²) in [5, 5.41) is 8.48. The molecule has 2 aromatic rings. The molecule has 136 valence electrons. The second-order valence-corrected chi connectivity index (χ2v) is 6.52. The quantitative estimate of drug-likeness (QED) is 0.828. The van der Waals surface area contributed by atoms with E-state index in [9.17, 15) is 4.79 Å². The molecular formula is C19H23N5O2. The molecule has 1 amide bonds. The Bertz CT molecular complexity index is 741. The van der Waals surface area contributed by atoms with E-state index in [0.29, 0.717) is 13.1 Å². The first-order valence-electron chi connectivity index (χ1n) is 9.06. The number of hydrogen-bond donors (Lipinski definition) is 0. The Balaban J connectivity index is 1.39. The number of morpholine rings is 1. The molecule has 0 radical (unpaired) electrons. The summed E-state index contributed by atoms with van der Waals surface area (Å²) >= 11 is 0. The molecule has 0 N–H and O–H groups in total. The number of benzene rings is 1. The SMILES string of the molecule is O=C(c1ccccc1)N1CCN(c2cc(N3CCOCC3)cnn2)CC1. The van der Waals surface area contributed by atoms with Crippen molar-refractivity contribution in [2.75, 3.05) is 62.3 Å². The highest BCUT2D eigenvalue weighted by molar-refractivity contribution is 5.94. The van der Waals surface area contributed by atoms with Crippen LogP contribution in [-0.2, 0) is 4.74 Å². The van der Waals surface area contributed by atoms with Crippen molar-refractivity contribution < 1.29 is 9.53 Å². The molecule has 0 unspecified atom stereocenters. The van der Waals surface area contributed by atoms with E-state index in [1.807, 2.05) is 41.4 Å². The first kappa shape index (κ1) is 16.8. The van der Waals surface area contributed by atoms with Crippen LogP contribution in [0.5, 0.6) is 0 Å². The zero-order valence-corrected chi connectivity index (χ0v) is 14.8. The minimum Gasteiger partial charge on any atom is -0.378 e. The normalized spacial score (nSPS) is 18.1. The second kappa shape index (κ2) is 7.70. The van der Waals surface area contributed by atoms with Crippen molar-refractivity contribution in [3.8, 4) is 0 Å². The molecule has 2 fully saturated rings. The average molecular weight is 353 g/mol. The zero-order valence-electron chi connectivity index (χ0n) is 14.8. The number of piperazine rings is 1. The number of aromatic nitrogens is 2. The maximum Gasteiger partial charge on any atom is 0.253 e. The molecule has 2 aliphatic rings. The number of hydrogen-bond acceptors (Lipinski definition) is 6. The lowest BCUT2D eigenvalue weighted by Crippen LogP contribution is -2.49. The summed E-state index contributed by atoms with van der Waals surface area (Å²) in [7, 11) is 0. The third-order valence-electron chi connectivity index (χ3n) is 4.92. The van der Waals surface area contributed by atoms with Gasteiger partial charge in [0.1, 0.15) is 0 Å². The minimum atomic E-state index is 0.0957. The molecule has 1 aromatic heterocycles. The molecule has 0 saturated carbocycles. The minimum absolute atomic E-state index is 0.0957. The van der Waals surface area contributed by atoms with Crippen molar-refractivity contribution in [1.82, 2.24) is 15.1 Å². The van der Waals surface area contributed by atoms with Crippen LogP contribution in [0, 0.1) is 0 Å². The fourth-order valence-electron chi connectivity index (χ4n) is 3.40. The summed E-state index contributed by atoms with van der Waals surface area (Å²) in [6.07, 6.45) is 1.81. The first-order valence-corrected chi connectivity index (χ1v) is 9.06. The van der Waals surface area contributed by atoms with Gasteiger partial charge in [0.15, 0.2) is 5.82 Å². The fourth-order valence-corrected chi connectivity index (χ4v) is 3.40. The molecule has 1 aromatic carbocycles. The van der Waals surface area contributed by atoms with Gasteiger partial charge in [-0.25, -0.2) is 0 Å². The Morgan fingerprint density at radius 2 is 1.65 bits per heavy atom. The second-order valence-electron chi connectivity index (χ2n) is 6.52. The van der Waals surface area contributed by atoms with Gasteiger partial charge >= 0.3 is 0 Å². The number of anilines is 2. The van der Waals surface area contributed by atoms with Gasteiger partial charge in [0.2, 0.25) is 0 Å². The lowest BCUT2D eigenvalue weighted by Gasteiger charge is -2.36. The van der Waals surface area contributed by atoms with E-state index in [4.69, 9.17) is 4.74 Å². The molecule has 3 heterocycles. The standard InChI is InChI=1S/C19H23N5O2/c25-19(16-4-2-1-3-5-16)24-8-6-23(7-9-24)18-14-17(15-20-21-18)22-10-12-26-13-11-22/h1-5,14-15H,6-13H2.